The zero-order chi connectivity index (χ0) is 15.1. The molecule has 2 aromatic rings. The molecule has 0 amide bonds. The van der Waals surface area contributed by atoms with E-state index in [0.717, 1.165) is 6.42 Å². The normalized spacial score (nSPS) is 12.6. The van der Waals surface area contributed by atoms with E-state index in [-0.39, 0.29) is 5.41 Å². The molecule has 2 heteroatoms. The number of aryl methyl sites for hydroxylation is 1. The van der Waals surface area contributed by atoms with Crippen LogP contribution in [0.3, 0.4) is 0 Å². The van der Waals surface area contributed by atoms with Gasteiger partial charge in [0, 0.05) is 23.6 Å². The quantitative estimate of drug-likeness (QED) is 0.896. The second-order valence-electron chi connectivity index (χ2n) is 7.10. The van der Waals surface area contributed by atoms with E-state index in [9.17, 15) is 0 Å². The maximum atomic E-state index is 5.84. The molecule has 0 saturated heterocycles. The summed E-state index contributed by atoms with van der Waals surface area (Å²) in [6.07, 6.45) is 0.957. The van der Waals surface area contributed by atoms with Crippen molar-refractivity contribution in [2.24, 2.45) is 12.8 Å². The van der Waals surface area contributed by atoms with Crippen LogP contribution in [-0.2, 0) is 18.9 Å². The topological polar surface area (TPSA) is 30.9 Å². The first-order valence-electron chi connectivity index (χ1n) is 7.59. The minimum atomic E-state index is 0.183. The molecule has 0 spiro atoms. The van der Waals surface area contributed by atoms with Gasteiger partial charge in [-0.25, -0.2) is 0 Å². The lowest BCUT2D eigenvalue weighted by atomic mass is 9.86. The van der Waals surface area contributed by atoms with Gasteiger partial charge in [0.15, 0.2) is 0 Å². The van der Waals surface area contributed by atoms with Gasteiger partial charge >= 0.3 is 0 Å². The molecule has 0 aliphatic rings. The van der Waals surface area contributed by atoms with Gasteiger partial charge in [-0.3, -0.25) is 0 Å². The third kappa shape index (κ3) is 2.49. The van der Waals surface area contributed by atoms with Crippen molar-refractivity contribution in [2.45, 2.75) is 52.4 Å². The van der Waals surface area contributed by atoms with Crippen molar-refractivity contribution in [1.29, 1.82) is 0 Å². The molecule has 0 bridgehead atoms. The van der Waals surface area contributed by atoms with Crippen LogP contribution in [0.4, 0.5) is 0 Å². The van der Waals surface area contributed by atoms with E-state index >= 15 is 0 Å². The first-order valence-corrected chi connectivity index (χ1v) is 7.59. The standard InChI is InChI=1S/C18H28N2/c1-12(2)17-14(9-10-19)15-11-13(18(3,4)5)7-8-16(15)20(17)6/h7-8,11-12H,9-10,19H2,1-6H3. The van der Waals surface area contributed by atoms with Crippen LogP contribution >= 0.6 is 0 Å². The highest BCUT2D eigenvalue weighted by molar-refractivity contribution is 5.86. The molecule has 0 saturated carbocycles. The number of hydrogen-bond acceptors (Lipinski definition) is 1. The molecular formula is C18H28N2. The fraction of sp³-hybridized carbons (Fsp3) is 0.556. The van der Waals surface area contributed by atoms with E-state index in [0.29, 0.717) is 12.5 Å². The Hall–Kier alpha value is -1.28. The average Bonchev–Trinajstić information content (AvgIpc) is 2.62. The monoisotopic (exact) mass is 272 g/mol. The van der Waals surface area contributed by atoms with Gasteiger partial charge in [-0.05, 0) is 47.6 Å². The summed E-state index contributed by atoms with van der Waals surface area (Å²) in [6.45, 7) is 12.0. The largest absolute Gasteiger partial charge is 0.347 e. The second kappa shape index (κ2) is 5.25. The molecule has 20 heavy (non-hydrogen) atoms. The molecule has 0 aliphatic heterocycles. The molecule has 110 valence electrons. The summed E-state index contributed by atoms with van der Waals surface area (Å²) in [4.78, 5) is 0. The van der Waals surface area contributed by atoms with Crippen LogP contribution in [0.1, 0.15) is 57.4 Å². The molecule has 2 nitrogen and oxygen atoms in total. The minimum Gasteiger partial charge on any atom is -0.347 e. The van der Waals surface area contributed by atoms with Crippen molar-refractivity contribution < 1.29 is 0 Å². The summed E-state index contributed by atoms with van der Waals surface area (Å²) in [6, 6.07) is 6.90. The van der Waals surface area contributed by atoms with E-state index in [1.807, 2.05) is 0 Å². The SMILES string of the molecule is CC(C)c1c(CCN)c2cc(C(C)(C)C)ccc2n1C. The Morgan fingerprint density at radius 2 is 1.85 bits per heavy atom. The predicted octanol–water partition coefficient (Wildman–Crippen LogP) is 4.10. The van der Waals surface area contributed by atoms with Gasteiger partial charge in [0.1, 0.15) is 0 Å². The van der Waals surface area contributed by atoms with Crippen LogP contribution in [0.2, 0.25) is 0 Å². The molecule has 0 unspecified atom stereocenters. The van der Waals surface area contributed by atoms with Gasteiger partial charge < -0.3 is 10.3 Å². The lowest BCUT2D eigenvalue weighted by molar-refractivity contribution is 0.591. The van der Waals surface area contributed by atoms with Crippen LogP contribution in [0.25, 0.3) is 10.9 Å². The Morgan fingerprint density at radius 1 is 1.20 bits per heavy atom. The van der Waals surface area contributed by atoms with Crippen molar-refractivity contribution in [3.8, 4) is 0 Å². The number of fused-ring (bicyclic) bond motifs is 1. The summed E-state index contributed by atoms with van der Waals surface area (Å²) < 4.78 is 2.34. The summed E-state index contributed by atoms with van der Waals surface area (Å²) in [5, 5.41) is 1.38. The van der Waals surface area contributed by atoms with Crippen molar-refractivity contribution in [1.82, 2.24) is 4.57 Å². The van der Waals surface area contributed by atoms with E-state index < -0.39 is 0 Å². The Labute approximate surface area is 123 Å². The summed E-state index contributed by atoms with van der Waals surface area (Å²) in [5.41, 5.74) is 11.6. The van der Waals surface area contributed by atoms with Crippen molar-refractivity contribution in [3.63, 3.8) is 0 Å². The highest BCUT2D eigenvalue weighted by Gasteiger charge is 2.20. The highest BCUT2D eigenvalue weighted by Crippen LogP contribution is 2.34. The first-order chi connectivity index (χ1) is 9.27. The van der Waals surface area contributed by atoms with Gasteiger partial charge in [-0.1, -0.05) is 40.7 Å². The summed E-state index contributed by atoms with van der Waals surface area (Å²) in [5.74, 6) is 0.520. The molecule has 2 rings (SSSR count). The summed E-state index contributed by atoms with van der Waals surface area (Å²) in [7, 11) is 2.18. The van der Waals surface area contributed by atoms with Crippen LogP contribution < -0.4 is 5.73 Å². The second-order valence-corrected chi connectivity index (χ2v) is 7.10. The molecule has 0 atom stereocenters. The number of rotatable bonds is 3. The third-order valence-electron chi connectivity index (χ3n) is 4.16. The maximum Gasteiger partial charge on any atom is 0.0483 e. The minimum absolute atomic E-state index is 0.183. The van der Waals surface area contributed by atoms with Crippen LogP contribution in [-0.4, -0.2) is 11.1 Å². The zero-order valence-corrected chi connectivity index (χ0v) is 13.7. The molecule has 0 fully saturated rings. The molecule has 2 N–H and O–H groups in total. The number of nitrogens with zero attached hydrogens (tertiary/aromatic N) is 1. The van der Waals surface area contributed by atoms with Gasteiger partial charge in [-0.15, -0.1) is 0 Å². The third-order valence-corrected chi connectivity index (χ3v) is 4.16. The van der Waals surface area contributed by atoms with Crippen LogP contribution in [0.15, 0.2) is 18.2 Å². The van der Waals surface area contributed by atoms with Gasteiger partial charge in [0.25, 0.3) is 0 Å². The lowest BCUT2D eigenvalue weighted by Gasteiger charge is -2.19. The van der Waals surface area contributed by atoms with E-state index in [4.69, 9.17) is 5.73 Å². The average molecular weight is 272 g/mol. The molecule has 0 radical (unpaired) electrons. The van der Waals surface area contributed by atoms with E-state index in [1.54, 1.807) is 0 Å². The van der Waals surface area contributed by atoms with Gasteiger partial charge in [0.2, 0.25) is 0 Å². The molecule has 1 heterocycles. The number of aromatic nitrogens is 1. The summed E-state index contributed by atoms with van der Waals surface area (Å²) >= 11 is 0. The molecular weight excluding hydrogens is 244 g/mol. The zero-order valence-electron chi connectivity index (χ0n) is 13.7. The Bertz CT molecular complexity index is 612. The van der Waals surface area contributed by atoms with E-state index in [2.05, 4.69) is 64.4 Å². The maximum absolute atomic E-state index is 5.84. The fourth-order valence-corrected chi connectivity index (χ4v) is 3.15. The molecule has 1 aromatic heterocycles. The molecule has 1 aromatic carbocycles. The number of hydrogen-bond donors (Lipinski definition) is 1. The van der Waals surface area contributed by atoms with Crippen molar-refractivity contribution in [3.05, 3.63) is 35.0 Å². The Kier molecular flexibility index (Phi) is 3.97. The van der Waals surface area contributed by atoms with Gasteiger partial charge in [0.05, 0.1) is 0 Å². The van der Waals surface area contributed by atoms with E-state index in [1.165, 1.54) is 27.7 Å². The number of nitrogens with two attached hydrogens (primary N) is 1. The highest BCUT2D eigenvalue weighted by atomic mass is 15.0. The fourth-order valence-electron chi connectivity index (χ4n) is 3.15. The van der Waals surface area contributed by atoms with Crippen molar-refractivity contribution in [2.75, 3.05) is 6.54 Å². The predicted molar refractivity (Wildman–Crippen MR) is 88.5 cm³/mol. The van der Waals surface area contributed by atoms with Crippen LogP contribution in [0.5, 0.6) is 0 Å². The van der Waals surface area contributed by atoms with Gasteiger partial charge in [-0.2, -0.15) is 0 Å². The first kappa shape index (κ1) is 15.1. The smallest absolute Gasteiger partial charge is 0.0483 e. The Balaban J connectivity index is 2.76. The lowest BCUT2D eigenvalue weighted by Crippen LogP contribution is -2.10. The Morgan fingerprint density at radius 3 is 2.35 bits per heavy atom. The molecule has 0 aliphatic carbocycles. The number of benzene rings is 1. The van der Waals surface area contributed by atoms with Crippen molar-refractivity contribution >= 4 is 10.9 Å². The van der Waals surface area contributed by atoms with Crippen LogP contribution in [0, 0.1) is 0 Å².